The number of hydrogen-bond donors (Lipinski definition) is 1. The maximum Gasteiger partial charge on any atom is 0.417 e. The van der Waals surface area contributed by atoms with Crippen molar-refractivity contribution in [3.63, 3.8) is 0 Å². The molecule has 0 radical (unpaired) electrons. The molecule has 1 N–H and O–H groups in total. The maximum atomic E-state index is 15.0. The molecule has 0 spiro atoms. The SMILES string of the molecule is CC(CS(=O)(=O)CCC#N)NC(=O)c1ccc(/C(F)=C/C(c2cc(Cl)c(Cl)c(Cl)c2)C(F)(F)F)cc1C(F)(F)F. The lowest BCUT2D eigenvalue weighted by atomic mass is 9.95. The number of rotatable bonds is 9. The van der Waals surface area contributed by atoms with Crippen LogP contribution in [0.1, 0.15) is 46.3 Å². The fourth-order valence-electron chi connectivity index (χ4n) is 3.51. The number of carbonyl (C=O) groups excluding carboxylic acids is 1. The second kappa shape index (κ2) is 13.0. The summed E-state index contributed by atoms with van der Waals surface area (Å²) in [5.74, 6) is -6.93. The van der Waals surface area contributed by atoms with Crippen molar-refractivity contribution in [1.82, 2.24) is 5.32 Å². The van der Waals surface area contributed by atoms with E-state index in [1.165, 1.54) is 6.92 Å². The van der Waals surface area contributed by atoms with E-state index in [0.717, 1.165) is 12.1 Å². The van der Waals surface area contributed by atoms with Crippen molar-refractivity contribution in [3.05, 3.63) is 73.7 Å². The van der Waals surface area contributed by atoms with Crippen LogP contribution in [-0.2, 0) is 16.0 Å². The number of alkyl halides is 6. The average Bonchev–Trinajstić information content (AvgIpc) is 2.82. The number of allylic oxidation sites excluding steroid dienone is 1. The normalized spacial score (nSPS) is 14.4. The van der Waals surface area contributed by atoms with E-state index in [-0.39, 0.29) is 33.6 Å². The van der Waals surface area contributed by atoms with Crippen molar-refractivity contribution in [3.8, 4) is 6.07 Å². The molecule has 0 saturated heterocycles. The van der Waals surface area contributed by atoms with Crippen molar-refractivity contribution in [2.75, 3.05) is 11.5 Å². The molecule has 2 aromatic rings. The predicted octanol–water partition coefficient (Wildman–Crippen LogP) is 7.77. The molecule has 40 heavy (non-hydrogen) atoms. The molecule has 0 aliphatic carbocycles. The van der Waals surface area contributed by atoms with Crippen LogP contribution in [0.4, 0.5) is 30.7 Å². The van der Waals surface area contributed by atoms with Gasteiger partial charge in [-0.3, -0.25) is 4.79 Å². The van der Waals surface area contributed by atoms with Gasteiger partial charge >= 0.3 is 12.4 Å². The van der Waals surface area contributed by atoms with Crippen LogP contribution in [-0.4, -0.2) is 38.0 Å². The highest BCUT2D eigenvalue weighted by Crippen LogP contribution is 2.42. The van der Waals surface area contributed by atoms with Gasteiger partial charge in [0.05, 0.1) is 43.8 Å². The lowest BCUT2D eigenvalue weighted by Crippen LogP contribution is -2.39. The van der Waals surface area contributed by atoms with Gasteiger partial charge in [0.25, 0.3) is 5.91 Å². The van der Waals surface area contributed by atoms with Crippen molar-refractivity contribution < 1.29 is 43.9 Å². The summed E-state index contributed by atoms with van der Waals surface area (Å²) in [5.41, 5.74) is -4.25. The Hall–Kier alpha value is -2.53. The number of halogens is 10. The molecule has 0 fully saturated rings. The number of sulfone groups is 1. The summed E-state index contributed by atoms with van der Waals surface area (Å²) in [6.07, 6.45) is -10.7. The molecule has 2 unspecified atom stereocenters. The zero-order chi connectivity index (χ0) is 30.6. The van der Waals surface area contributed by atoms with Gasteiger partial charge < -0.3 is 5.32 Å². The first-order chi connectivity index (χ1) is 18.3. The van der Waals surface area contributed by atoms with Gasteiger partial charge in [0, 0.05) is 18.0 Å². The molecule has 0 saturated carbocycles. The molecule has 218 valence electrons. The fourth-order valence-corrected chi connectivity index (χ4v) is 5.54. The van der Waals surface area contributed by atoms with Gasteiger partial charge in [-0.2, -0.15) is 31.6 Å². The van der Waals surface area contributed by atoms with Gasteiger partial charge in [-0.1, -0.05) is 40.9 Å². The average molecular weight is 654 g/mol. The zero-order valence-electron chi connectivity index (χ0n) is 20.1. The Morgan fingerprint density at radius 1 is 1.07 bits per heavy atom. The summed E-state index contributed by atoms with van der Waals surface area (Å²) in [6, 6.07) is 3.41. The minimum absolute atomic E-state index is 0.0271. The van der Waals surface area contributed by atoms with Crippen LogP contribution in [0.3, 0.4) is 0 Å². The molecule has 0 heterocycles. The molecule has 0 aromatic heterocycles. The lowest BCUT2D eigenvalue weighted by Gasteiger charge is -2.19. The van der Waals surface area contributed by atoms with Gasteiger partial charge in [0.15, 0.2) is 9.84 Å². The molecule has 2 atom stereocenters. The Balaban J connectivity index is 2.47. The Morgan fingerprint density at radius 2 is 1.65 bits per heavy atom. The molecule has 1 amide bonds. The van der Waals surface area contributed by atoms with Gasteiger partial charge in [-0.05, 0) is 42.8 Å². The zero-order valence-corrected chi connectivity index (χ0v) is 23.2. The number of amides is 1. The molecular weight excluding hydrogens is 636 g/mol. The van der Waals surface area contributed by atoms with E-state index in [1.54, 1.807) is 6.07 Å². The van der Waals surface area contributed by atoms with E-state index >= 15 is 0 Å². The summed E-state index contributed by atoms with van der Waals surface area (Å²) >= 11 is 17.3. The van der Waals surface area contributed by atoms with E-state index < -0.39 is 79.6 Å². The predicted molar refractivity (Wildman–Crippen MR) is 137 cm³/mol. The third kappa shape index (κ3) is 8.99. The minimum Gasteiger partial charge on any atom is -0.349 e. The van der Waals surface area contributed by atoms with Crippen LogP contribution >= 0.6 is 34.8 Å². The van der Waals surface area contributed by atoms with E-state index in [2.05, 4.69) is 5.32 Å². The summed E-state index contributed by atoms with van der Waals surface area (Å²) in [7, 11) is -3.81. The van der Waals surface area contributed by atoms with Gasteiger partial charge in [0.1, 0.15) is 11.7 Å². The second-order valence-electron chi connectivity index (χ2n) is 8.49. The second-order valence-corrected chi connectivity index (χ2v) is 11.9. The number of benzene rings is 2. The summed E-state index contributed by atoms with van der Waals surface area (Å²) in [4.78, 5) is 12.5. The van der Waals surface area contributed by atoms with Crippen LogP contribution in [0.15, 0.2) is 36.4 Å². The molecule has 5 nitrogen and oxygen atoms in total. The standard InChI is InChI=1S/C24H18Cl3F7N2O3S/c1-12(11-40(38,39)6-2-5-35)36-22(37)15-4-3-13(7-17(15)24(32,33)34)20(28)10-16(23(29,30)31)14-8-18(25)21(27)19(26)9-14/h3-4,7-10,12,16H,2,6,11H2,1H3,(H,36,37)/b20-10-. The highest BCUT2D eigenvalue weighted by molar-refractivity contribution is 7.91. The van der Waals surface area contributed by atoms with Gasteiger partial charge in [0.2, 0.25) is 0 Å². The third-order valence-electron chi connectivity index (χ3n) is 5.28. The molecular formula is C24H18Cl3F7N2O3S. The van der Waals surface area contributed by atoms with Crippen LogP contribution < -0.4 is 5.32 Å². The van der Waals surface area contributed by atoms with E-state index in [1.807, 2.05) is 0 Å². The highest BCUT2D eigenvalue weighted by atomic mass is 35.5. The van der Waals surface area contributed by atoms with Crippen LogP contribution in [0.25, 0.3) is 5.83 Å². The number of hydrogen-bond acceptors (Lipinski definition) is 4. The first kappa shape index (κ1) is 33.7. The Bertz CT molecular complexity index is 1430. The Labute approximate surface area is 239 Å². The van der Waals surface area contributed by atoms with Crippen molar-refractivity contribution in [2.24, 2.45) is 0 Å². The molecule has 0 bridgehead atoms. The number of carbonyl (C=O) groups is 1. The van der Waals surface area contributed by atoms with Crippen LogP contribution in [0.5, 0.6) is 0 Å². The highest BCUT2D eigenvalue weighted by Gasteiger charge is 2.41. The van der Waals surface area contributed by atoms with E-state index in [4.69, 9.17) is 40.1 Å². The quantitative estimate of drug-likeness (QED) is 0.221. The van der Waals surface area contributed by atoms with Crippen LogP contribution in [0.2, 0.25) is 15.1 Å². The Kier molecular flexibility index (Phi) is 10.9. The van der Waals surface area contributed by atoms with Gasteiger partial charge in [-0.25, -0.2) is 12.8 Å². The molecule has 0 aliphatic heterocycles. The summed E-state index contributed by atoms with van der Waals surface area (Å²) in [5, 5.41) is 9.61. The van der Waals surface area contributed by atoms with Crippen molar-refractivity contribution in [2.45, 2.75) is 37.7 Å². The topological polar surface area (TPSA) is 87.0 Å². The smallest absolute Gasteiger partial charge is 0.349 e. The first-order valence-electron chi connectivity index (χ1n) is 10.9. The Morgan fingerprint density at radius 3 is 2.15 bits per heavy atom. The maximum absolute atomic E-state index is 15.0. The van der Waals surface area contributed by atoms with Crippen molar-refractivity contribution in [1.29, 1.82) is 5.26 Å². The largest absolute Gasteiger partial charge is 0.417 e. The third-order valence-corrected chi connectivity index (χ3v) is 8.31. The molecule has 16 heteroatoms. The fraction of sp³-hybridized carbons (Fsp3) is 0.333. The number of nitrogens with one attached hydrogen (secondary N) is 1. The minimum atomic E-state index is -5.24. The van der Waals surface area contributed by atoms with E-state index in [0.29, 0.717) is 12.1 Å². The van der Waals surface area contributed by atoms with Crippen LogP contribution in [0, 0.1) is 11.3 Å². The molecule has 2 rings (SSSR count). The summed E-state index contributed by atoms with van der Waals surface area (Å²) < 4.78 is 122. The number of nitrogens with zero attached hydrogens (tertiary/aromatic N) is 1. The molecule has 2 aromatic carbocycles. The van der Waals surface area contributed by atoms with Crippen molar-refractivity contribution >= 4 is 56.4 Å². The van der Waals surface area contributed by atoms with Gasteiger partial charge in [-0.15, -0.1) is 0 Å². The lowest BCUT2D eigenvalue weighted by molar-refractivity contribution is -0.140. The van der Waals surface area contributed by atoms with E-state index in [9.17, 15) is 43.9 Å². The molecule has 0 aliphatic rings. The summed E-state index contributed by atoms with van der Waals surface area (Å²) in [6.45, 7) is 1.21. The number of nitriles is 1. The monoisotopic (exact) mass is 652 g/mol. The first-order valence-corrected chi connectivity index (χ1v) is 13.9.